The number of hydrogen-bond donors (Lipinski definition) is 0. The van der Waals surface area contributed by atoms with Gasteiger partial charge in [0.05, 0.1) is 0 Å². The zero-order valence-electron chi connectivity index (χ0n) is 29.5. The van der Waals surface area contributed by atoms with E-state index in [0.717, 1.165) is 9.68 Å². The van der Waals surface area contributed by atoms with Crippen molar-refractivity contribution in [2.45, 2.75) is 0 Å². The van der Waals surface area contributed by atoms with Gasteiger partial charge in [0.2, 0.25) is 0 Å². The number of hydrogen-bond acceptors (Lipinski definition) is 0. The second-order valence-corrected chi connectivity index (χ2v) is 54.8. The summed E-state index contributed by atoms with van der Waals surface area (Å²) in [6.45, 7) is 0. The van der Waals surface area contributed by atoms with Crippen LogP contribution in [-0.4, -0.2) is 4.11 Å². The average molecular weight is 863 g/mol. The van der Waals surface area contributed by atoms with E-state index in [4.69, 9.17) is 0 Å². The Morgan fingerprint density at radius 1 is 0.352 bits per heavy atom. The zero-order chi connectivity index (χ0) is 36.7. The van der Waals surface area contributed by atoms with E-state index in [1.165, 1.54) is 48.5 Å². The summed E-state index contributed by atoms with van der Waals surface area (Å²) in [6.07, 6.45) is 9.16. The van der Waals surface area contributed by atoms with E-state index < -0.39 is 21.4 Å². The van der Waals surface area contributed by atoms with Crippen LogP contribution >= 0.6 is 30.6 Å². The van der Waals surface area contributed by atoms with Gasteiger partial charge in [-0.3, -0.25) is 0 Å². The molecule has 0 fully saturated rings. The van der Waals surface area contributed by atoms with Gasteiger partial charge in [-0.25, -0.2) is 0 Å². The molecule has 0 unspecified atom stereocenters. The molecule has 0 nitrogen and oxygen atoms in total. The summed E-state index contributed by atoms with van der Waals surface area (Å²) in [5.41, 5.74) is -2.51. The molecular weight excluding hydrogens is 822 g/mol. The van der Waals surface area contributed by atoms with Crippen molar-refractivity contribution < 1.29 is 10.2 Å². The van der Waals surface area contributed by atoms with E-state index >= 15 is 0 Å². The van der Waals surface area contributed by atoms with Crippen LogP contribution in [0, 0.1) is 0 Å². The molecule has 0 aromatic heterocycles. The molecule has 0 spiro atoms. The second kappa shape index (κ2) is 14.1. The Morgan fingerprint density at radius 3 is 1.02 bits per heavy atom. The first-order valence-corrected chi connectivity index (χ1v) is 32.4. The van der Waals surface area contributed by atoms with Crippen LogP contribution in [0.4, 0.5) is 0 Å². The van der Waals surface area contributed by atoms with Crippen LogP contribution in [-0.2, 0) is 10.2 Å². The van der Waals surface area contributed by atoms with Crippen LogP contribution in [0.1, 0.15) is 11.1 Å². The third-order valence-electron chi connectivity index (χ3n) is 10.8. The fourth-order valence-corrected chi connectivity index (χ4v) is 85.4. The molecule has 0 N–H and O–H groups in total. The van der Waals surface area contributed by atoms with Crippen molar-refractivity contribution in [2.75, 3.05) is 0 Å². The Morgan fingerprint density at radius 2 is 0.667 bits per heavy atom. The molecule has 2 aliphatic carbocycles. The third kappa shape index (κ3) is 4.97. The van der Waals surface area contributed by atoms with E-state index in [0.29, 0.717) is 0 Å². The van der Waals surface area contributed by atoms with Gasteiger partial charge in [-0.15, -0.1) is 0 Å². The zero-order valence-corrected chi connectivity index (χ0v) is 34.8. The van der Waals surface area contributed by atoms with Crippen molar-refractivity contribution in [3.8, 4) is 0 Å². The summed E-state index contributed by atoms with van der Waals surface area (Å²) in [7, 11) is 14.1. The molecule has 5 heteroatoms. The Kier molecular flexibility index (Phi) is 9.23. The normalized spacial score (nSPS) is 15.2. The molecule has 0 bridgehead atoms. The van der Waals surface area contributed by atoms with Crippen molar-refractivity contribution in [3.05, 3.63) is 241 Å². The fourth-order valence-electron chi connectivity index (χ4n) is 8.75. The molecule has 9 rings (SSSR count). The van der Waals surface area contributed by atoms with Crippen LogP contribution in [0.3, 0.4) is 0 Å². The topological polar surface area (TPSA) is 0 Å². The van der Waals surface area contributed by atoms with E-state index in [1.54, 1.807) is 0 Å². The molecule has 0 aliphatic heterocycles. The Labute approximate surface area is 327 Å². The first kappa shape index (κ1) is 35.4. The molecule has 0 saturated carbocycles. The Hall–Kier alpha value is -4.31. The number of rotatable bonds is 8. The molecule has 0 atom stereocenters. The molecular formula is C49H40Cl2P2Ru. The maximum absolute atomic E-state index is 9.85. The summed E-state index contributed by atoms with van der Waals surface area (Å²) >= 11 is 0. The van der Waals surface area contributed by atoms with Crippen LogP contribution in [0.15, 0.2) is 230 Å². The fraction of sp³-hybridized carbons (Fsp3) is 0. The SMILES string of the molecule is [Cl][Ru]([Cl])(=[C]1C=CC=C2C1=Cc1ccccc12)([PH](c1ccccc1)(c1ccccc1)c1ccccc1)[PH](c1ccccc1)(c1ccccc1)c1ccccc1. The van der Waals surface area contributed by atoms with E-state index in [-0.39, 0.29) is 0 Å². The van der Waals surface area contributed by atoms with Gasteiger partial charge in [0.15, 0.2) is 0 Å². The minimum atomic E-state index is -5.64. The van der Waals surface area contributed by atoms with Crippen LogP contribution in [0.5, 0.6) is 0 Å². The first-order valence-electron chi connectivity index (χ1n) is 18.2. The third-order valence-corrected chi connectivity index (χ3v) is 72.2. The van der Waals surface area contributed by atoms with Crippen LogP contribution in [0.2, 0.25) is 0 Å². The molecule has 0 heterocycles. The monoisotopic (exact) mass is 862 g/mol. The number of allylic oxidation sites excluding steroid dienone is 5. The van der Waals surface area contributed by atoms with Crippen molar-refractivity contribution in [1.29, 1.82) is 0 Å². The molecule has 7 aromatic rings. The van der Waals surface area contributed by atoms with Gasteiger partial charge in [0, 0.05) is 0 Å². The number of benzene rings is 7. The Bertz CT molecular complexity index is 2310. The van der Waals surface area contributed by atoms with Gasteiger partial charge in [0.1, 0.15) is 0 Å². The quantitative estimate of drug-likeness (QED) is 0.106. The van der Waals surface area contributed by atoms with Crippen LogP contribution < -0.4 is 31.8 Å². The molecule has 2 aliphatic rings. The predicted molar refractivity (Wildman–Crippen MR) is 241 cm³/mol. The average Bonchev–Trinajstić information content (AvgIpc) is 3.63. The predicted octanol–water partition coefficient (Wildman–Crippen LogP) is 10.5. The molecule has 7 aromatic carbocycles. The van der Waals surface area contributed by atoms with E-state index in [1.807, 2.05) is 0 Å². The van der Waals surface area contributed by atoms with Gasteiger partial charge >= 0.3 is 330 Å². The Balaban J connectivity index is 1.66. The van der Waals surface area contributed by atoms with Crippen molar-refractivity contribution in [2.24, 2.45) is 0 Å². The van der Waals surface area contributed by atoms with Gasteiger partial charge < -0.3 is 0 Å². The summed E-state index contributed by atoms with van der Waals surface area (Å²) in [6, 6.07) is 75.3. The summed E-state index contributed by atoms with van der Waals surface area (Å²) < 4.78 is 1.11. The number of halogens is 2. The van der Waals surface area contributed by atoms with Gasteiger partial charge in [-0.05, 0) is 0 Å². The van der Waals surface area contributed by atoms with Crippen molar-refractivity contribution >= 4 is 78.2 Å². The standard InChI is InChI=1S/2C18H15P.C13H8.2ClH.Ru/c2*1-4-10-16(11-5-1)19(17-12-6-2-7-13-17)18-14-8-3-9-15-18;1-3-7-12-10(5-1)9-11-6-2-4-8-13(11)12;;;/h2*1-15H;1-5,7-9H;2*1H;. The van der Waals surface area contributed by atoms with Crippen LogP contribution in [0.25, 0.3) is 11.6 Å². The summed E-state index contributed by atoms with van der Waals surface area (Å²) in [5, 5.41) is 7.28. The minimum absolute atomic E-state index is 1.11. The van der Waals surface area contributed by atoms with E-state index in [9.17, 15) is 19.4 Å². The maximum atomic E-state index is 9.85. The van der Waals surface area contributed by atoms with Gasteiger partial charge in [-0.1, -0.05) is 0 Å². The summed E-state index contributed by atoms with van der Waals surface area (Å²) in [5.74, 6) is 0. The molecule has 0 radical (unpaired) electrons. The number of fused-ring (bicyclic) bond motifs is 3. The van der Waals surface area contributed by atoms with Gasteiger partial charge in [0.25, 0.3) is 0 Å². The van der Waals surface area contributed by atoms with Gasteiger partial charge in [-0.2, -0.15) is 0 Å². The van der Waals surface area contributed by atoms with Crippen molar-refractivity contribution in [3.63, 3.8) is 0 Å². The summed E-state index contributed by atoms with van der Waals surface area (Å²) in [4.78, 5) is 0. The van der Waals surface area contributed by atoms with Crippen molar-refractivity contribution in [1.82, 2.24) is 0 Å². The molecule has 0 amide bonds. The first-order chi connectivity index (χ1) is 26.5. The van der Waals surface area contributed by atoms with E-state index in [2.05, 4.69) is 231 Å². The molecule has 0 saturated heterocycles. The molecule has 268 valence electrons. The second-order valence-electron chi connectivity index (χ2n) is 13.6. The molecule has 54 heavy (non-hydrogen) atoms.